The maximum atomic E-state index is 11.8. The molecule has 0 amide bonds. The van der Waals surface area contributed by atoms with E-state index in [9.17, 15) is 13.5 Å². The number of sulfonamides is 1. The number of nitrogens with two attached hydrogens (primary N) is 1. The molecule has 0 radical (unpaired) electrons. The Kier molecular flexibility index (Phi) is 2.92. The molecule has 1 aromatic carbocycles. The summed E-state index contributed by atoms with van der Waals surface area (Å²) >= 11 is 0. The van der Waals surface area contributed by atoms with Crippen molar-refractivity contribution < 1.29 is 13.5 Å². The van der Waals surface area contributed by atoms with Gasteiger partial charge in [0.15, 0.2) is 5.75 Å². The molecule has 0 unspecified atom stereocenters. The normalized spacial score (nSPS) is 12.0. The van der Waals surface area contributed by atoms with E-state index in [2.05, 4.69) is 0 Å². The van der Waals surface area contributed by atoms with Crippen LogP contribution in [0.5, 0.6) is 5.75 Å². The summed E-state index contributed by atoms with van der Waals surface area (Å²) in [4.78, 5) is -0.132. The minimum Gasteiger partial charge on any atom is -0.504 e. The maximum Gasteiger partial charge on any atom is 0.246 e. The molecule has 1 aromatic rings. The Morgan fingerprint density at radius 3 is 2.33 bits per heavy atom. The van der Waals surface area contributed by atoms with Gasteiger partial charge in [-0.2, -0.15) is 0 Å². The van der Waals surface area contributed by atoms with Crippen molar-refractivity contribution in [3.05, 3.63) is 17.7 Å². The second-order valence-corrected chi connectivity index (χ2v) is 5.53. The van der Waals surface area contributed by atoms with Crippen LogP contribution in [0.25, 0.3) is 0 Å². The van der Waals surface area contributed by atoms with Gasteiger partial charge >= 0.3 is 0 Å². The molecule has 1 rings (SSSR count). The second-order valence-electron chi connectivity index (χ2n) is 3.44. The standard InChI is InChI=1S/C9H14N2O3S/c1-6-4-5-7(10)8(12)9(6)15(13,14)11(2)3/h4-5,12H,10H2,1-3H3. The number of anilines is 1. The van der Waals surface area contributed by atoms with E-state index in [1.54, 1.807) is 13.0 Å². The van der Waals surface area contributed by atoms with Crippen molar-refractivity contribution in [2.24, 2.45) is 0 Å². The molecule has 0 aliphatic carbocycles. The van der Waals surface area contributed by atoms with E-state index in [4.69, 9.17) is 5.73 Å². The lowest BCUT2D eigenvalue weighted by molar-refractivity contribution is 0.453. The molecule has 3 N–H and O–H groups in total. The lowest BCUT2D eigenvalue weighted by atomic mass is 10.2. The Morgan fingerprint density at radius 2 is 1.87 bits per heavy atom. The van der Waals surface area contributed by atoms with Crippen LogP contribution in [-0.2, 0) is 10.0 Å². The van der Waals surface area contributed by atoms with Gasteiger partial charge in [-0.1, -0.05) is 6.07 Å². The number of benzene rings is 1. The summed E-state index contributed by atoms with van der Waals surface area (Å²) in [7, 11) is -0.857. The van der Waals surface area contributed by atoms with Gasteiger partial charge in [0, 0.05) is 14.1 Å². The number of nitrogen functional groups attached to an aromatic ring is 1. The second kappa shape index (κ2) is 3.71. The lowest BCUT2D eigenvalue weighted by Crippen LogP contribution is -2.23. The predicted molar refractivity (Wildman–Crippen MR) is 58.1 cm³/mol. The average molecular weight is 230 g/mol. The van der Waals surface area contributed by atoms with Crippen LogP contribution < -0.4 is 5.73 Å². The first-order valence-corrected chi connectivity index (χ1v) is 5.73. The van der Waals surface area contributed by atoms with Gasteiger partial charge in [0.1, 0.15) is 4.90 Å². The van der Waals surface area contributed by atoms with E-state index in [1.165, 1.54) is 20.2 Å². The first kappa shape index (κ1) is 11.8. The third kappa shape index (κ3) is 1.91. The van der Waals surface area contributed by atoms with Gasteiger partial charge in [0.05, 0.1) is 5.69 Å². The monoisotopic (exact) mass is 230 g/mol. The van der Waals surface area contributed by atoms with Crippen molar-refractivity contribution in [3.8, 4) is 5.75 Å². The van der Waals surface area contributed by atoms with Gasteiger partial charge in [-0.25, -0.2) is 12.7 Å². The molecular weight excluding hydrogens is 216 g/mol. The molecule has 0 spiro atoms. The van der Waals surface area contributed by atoms with Crippen molar-refractivity contribution in [2.45, 2.75) is 11.8 Å². The minimum absolute atomic E-state index is 0.0565. The van der Waals surface area contributed by atoms with Crippen LogP contribution in [-0.4, -0.2) is 31.9 Å². The summed E-state index contributed by atoms with van der Waals surface area (Å²) in [5, 5.41) is 9.63. The molecule has 15 heavy (non-hydrogen) atoms. The summed E-state index contributed by atoms with van der Waals surface area (Å²) in [5.74, 6) is -0.385. The highest BCUT2D eigenvalue weighted by Gasteiger charge is 2.24. The van der Waals surface area contributed by atoms with Crippen LogP contribution in [0.1, 0.15) is 5.56 Å². The smallest absolute Gasteiger partial charge is 0.246 e. The highest BCUT2D eigenvalue weighted by molar-refractivity contribution is 7.89. The molecule has 84 valence electrons. The molecule has 0 aliphatic heterocycles. The summed E-state index contributed by atoms with van der Waals surface area (Å²) in [5.41, 5.74) is 5.98. The third-order valence-electron chi connectivity index (χ3n) is 2.10. The highest BCUT2D eigenvalue weighted by atomic mass is 32.2. The van der Waals surface area contributed by atoms with Crippen molar-refractivity contribution in [1.82, 2.24) is 4.31 Å². The maximum absolute atomic E-state index is 11.8. The van der Waals surface area contributed by atoms with Crippen molar-refractivity contribution in [2.75, 3.05) is 19.8 Å². The van der Waals surface area contributed by atoms with Gasteiger partial charge in [-0.3, -0.25) is 0 Å². The Bertz CT molecular complexity index is 480. The van der Waals surface area contributed by atoms with Crippen LogP contribution in [0, 0.1) is 6.92 Å². The van der Waals surface area contributed by atoms with Gasteiger partial charge in [-0.05, 0) is 18.6 Å². The number of rotatable bonds is 2. The number of aromatic hydroxyl groups is 1. The minimum atomic E-state index is -3.66. The van der Waals surface area contributed by atoms with Crippen LogP contribution in [0.3, 0.4) is 0 Å². The van der Waals surface area contributed by atoms with E-state index in [0.717, 1.165) is 4.31 Å². The molecule has 0 saturated carbocycles. The molecule has 5 nitrogen and oxygen atoms in total. The third-order valence-corrected chi connectivity index (χ3v) is 4.09. The fraction of sp³-hybridized carbons (Fsp3) is 0.333. The summed E-state index contributed by atoms with van der Waals surface area (Å²) in [6, 6.07) is 3.03. The number of nitrogens with zero attached hydrogens (tertiary/aromatic N) is 1. The molecule has 0 saturated heterocycles. The van der Waals surface area contributed by atoms with Crippen molar-refractivity contribution in [1.29, 1.82) is 0 Å². The zero-order valence-corrected chi connectivity index (χ0v) is 9.67. The Balaban J connectivity index is 3.58. The van der Waals surface area contributed by atoms with Gasteiger partial charge < -0.3 is 10.8 Å². The molecule has 0 bridgehead atoms. The van der Waals surface area contributed by atoms with E-state index in [1.807, 2.05) is 0 Å². The van der Waals surface area contributed by atoms with Crippen molar-refractivity contribution >= 4 is 15.7 Å². The van der Waals surface area contributed by atoms with Crippen LogP contribution in [0.2, 0.25) is 0 Å². The summed E-state index contributed by atoms with van der Waals surface area (Å²) < 4.78 is 24.7. The van der Waals surface area contributed by atoms with E-state index in [0.29, 0.717) is 5.56 Å². The fourth-order valence-corrected chi connectivity index (χ4v) is 2.40. The zero-order chi connectivity index (χ0) is 11.8. The number of hydrogen-bond acceptors (Lipinski definition) is 4. The number of hydrogen-bond donors (Lipinski definition) is 2. The SMILES string of the molecule is Cc1ccc(N)c(O)c1S(=O)(=O)N(C)C. The highest BCUT2D eigenvalue weighted by Crippen LogP contribution is 2.32. The molecule has 0 fully saturated rings. The molecule has 6 heteroatoms. The van der Waals surface area contributed by atoms with Crippen LogP contribution in [0.15, 0.2) is 17.0 Å². The first-order chi connectivity index (χ1) is 6.78. The quantitative estimate of drug-likeness (QED) is 0.573. The first-order valence-electron chi connectivity index (χ1n) is 4.29. The van der Waals surface area contributed by atoms with Crippen LogP contribution >= 0.6 is 0 Å². The average Bonchev–Trinajstić information content (AvgIpc) is 2.11. The molecule has 0 aromatic heterocycles. The van der Waals surface area contributed by atoms with Crippen molar-refractivity contribution in [3.63, 3.8) is 0 Å². The predicted octanol–water partition coefficient (Wildman–Crippen LogP) is 0.533. The summed E-state index contributed by atoms with van der Waals surface area (Å²) in [6.45, 7) is 1.61. The van der Waals surface area contributed by atoms with E-state index < -0.39 is 10.0 Å². The number of aryl methyl sites for hydroxylation is 1. The molecular formula is C9H14N2O3S. The topological polar surface area (TPSA) is 83.6 Å². The number of phenolic OH excluding ortho intramolecular Hbond substituents is 1. The molecule has 0 aliphatic rings. The molecule has 0 atom stereocenters. The van der Waals surface area contributed by atoms with E-state index in [-0.39, 0.29) is 16.3 Å². The Hall–Kier alpha value is -1.27. The Labute approximate surface area is 89.2 Å². The lowest BCUT2D eigenvalue weighted by Gasteiger charge is -2.15. The van der Waals surface area contributed by atoms with Gasteiger partial charge in [0.25, 0.3) is 0 Å². The number of phenols is 1. The fourth-order valence-electron chi connectivity index (χ4n) is 1.20. The molecule has 0 heterocycles. The summed E-state index contributed by atoms with van der Waals surface area (Å²) in [6.07, 6.45) is 0. The van der Waals surface area contributed by atoms with E-state index >= 15 is 0 Å². The van der Waals surface area contributed by atoms with Gasteiger partial charge in [0.2, 0.25) is 10.0 Å². The zero-order valence-electron chi connectivity index (χ0n) is 8.85. The van der Waals surface area contributed by atoms with Crippen LogP contribution in [0.4, 0.5) is 5.69 Å². The van der Waals surface area contributed by atoms with Gasteiger partial charge in [-0.15, -0.1) is 0 Å². The Morgan fingerprint density at radius 1 is 1.33 bits per heavy atom. The largest absolute Gasteiger partial charge is 0.504 e.